The van der Waals surface area contributed by atoms with Gasteiger partial charge in [-0.15, -0.1) is 11.6 Å². The van der Waals surface area contributed by atoms with Crippen molar-refractivity contribution in [3.05, 3.63) is 46.7 Å². The van der Waals surface area contributed by atoms with Crippen LogP contribution in [0.5, 0.6) is 0 Å². The maximum Gasteiger partial charge on any atom is 0.142 e. The van der Waals surface area contributed by atoms with Crippen molar-refractivity contribution in [1.29, 1.82) is 0 Å². The number of nitrogens with zero attached hydrogens (tertiary/aromatic N) is 2. The molecule has 2 rings (SSSR count). The van der Waals surface area contributed by atoms with Gasteiger partial charge in [-0.2, -0.15) is 4.37 Å². The Morgan fingerprint density at radius 2 is 2.06 bits per heavy atom. The maximum absolute atomic E-state index is 6.33. The van der Waals surface area contributed by atoms with Gasteiger partial charge in [0.2, 0.25) is 0 Å². The molecule has 1 heterocycles. The summed E-state index contributed by atoms with van der Waals surface area (Å²) < 4.78 is 4.25. The smallest absolute Gasteiger partial charge is 0.142 e. The largest absolute Gasteiger partial charge is 0.225 e. The fourth-order valence-corrected chi connectivity index (χ4v) is 2.60. The average molecular weight is 253 g/mol. The van der Waals surface area contributed by atoms with Crippen LogP contribution < -0.4 is 0 Å². The van der Waals surface area contributed by atoms with E-state index in [9.17, 15) is 0 Å². The van der Waals surface area contributed by atoms with Crippen LogP contribution in [0.25, 0.3) is 0 Å². The van der Waals surface area contributed by atoms with E-state index in [1.54, 1.807) is 0 Å². The average Bonchev–Trinajstić information content (AvgIpc) is 2.78. The van der Waals surface area contributed by atoms with E-state index in [1.165, 1.54) is 11.5 Å². The van der Waals surface area contributed by atoms with Crippen molar-refractivity contribution < 1.29 is 0 Å². The number of halogens is 1. The summed E-state index contributed by atoms with van der Waals surface area (Å²) in [7, 11) is 0. The van der Waals surface area contributed by atoms with E-state index in [2.05, 4.69) is 16.3 Å². The summed E-state index contributed by atoms with van der Waals surface area (Å²) in [5.41, 5.74) is 1.14. The first-order chi connectivity index (χ1) is 7.79. The molecular formula is C12H13ClN2S. The second-order valence-electron chi connectivity index (χ2n) is 3.54. The Bertz CT molecular complexity index is 441. The molecule has 0 fully saturated rings. The number of aryl methyl sites for hydroxylation is 1. The predicted molar refractivity (Wildman–Crippen MR) is 68.0 cm³/mol. The van der Waals surface area contributed by atoms with Crippen molar-refractivity contribution in [2.24, 2.45) is 0 Å². The Hall–Kier alpha value is -0.930. The van der Waals surface area contributed by atoms with Gasteiger partial charge in [-0.25, -0.2) is 4.98 Å². The fraction of sp³-hybridized carbons (Fsp3) is 0.333. The van der Waals surface area contributed by atoms with Crippen LogP contribution in [0, 0.1) is 0 Å². The summed E-state index contributed by atoms with van der Waals surface area (Å²) in [6.45, 7) is 2.06. The lowest BCUT2D eigenvalue weighted by atomic mass is 10.1. The molecular weight excluding hydrogens is 240 g/mol. The van der Waals surface area contributed by atoms with Crippen LogP contribution in [0.2, 0.25) is 0 Å². The SMILES string of the molecule is CCc1nsc(CC(Cl)c2ccccc2)n1. The first-order valence-electron chi connectivity index (χ1n) is 5.30. The van der Waals surface area contributed by atoms with Crippen LogP contribution in [0.4, 0.5) is 0 Å². The Balaban J connectivity index is 2.05. The van der Waals surface area contributed by atoms with E-state index in [4.69, 9.17) is 11.6 Å². The van der Waals surface area contributed by atoms with Gasteiger partial charge in [0.15, 0.2) is 0 Å². The molecule has 0 aliphatic heterocycles. The monoisotopic (exact) mass is 252 g/mol. The van der Waals surface area contributed by atoms with Gasteiger partial charge < -0.3 is 0 Å². The third-order valence-corrected chi connectivity index (χ3v) is 3.52. The third kappa shape index (κ3) is 2.80. The van der Waals surface area contributed by atoms with Crippen LogP contribution in [-0.2, 0) is 12.8 Å². The molecule has 0 aliphatic carbocycles. The van der Waals surface area contributed by atoms with E-state index in [1.807, 2.05) is 30.3 Å². The quantitative estimate of drug-likeness (QED) is 0.777. The Morgan fingerprint density at radius 1 is 1.31 bits per heavy atom. The molecule has 1 aromatic carbocycles. The number of aromatic nitrogens is 2. The number of hydrogen-bond donors (Lipinski definition) is 0. The first-order valence-corrected chi connectivity index (χ1v) is 6.51. The predicted octanol–water partition coefficient (Wildman–Crippen LogP) is 3.62. The summed E-state index contributed by atoms with van der Waals surface area (Å²) in [4.78, 5) is 4.42. The minimum Gasteiger partial charge on any atom is -0.225 e. The van der Waals surface area contributed by atoms with Crippen molar-refractivity contribution in [2.75, 3.05) is 0 Å². The highest BCUT2D eigenvalue weighted by atomic mass is 35.5. The van der Waals surface area contributed by atoms with Crippen LogP contribution in [0.1, 0.15) is 28.7 Å². The van der Waals surface area contributed by atoms with Crippen LogP contribution in [0.15, 0.2) is 30.3 Å². The number of alkyl halides is 1. The highest BCUT2D eigenvalue weighted by Crippen LogP contribution is 2.25. The van der Waals surface area contributed by atoms with Gasteiger partial charge in [-0.05, 0) is 17.1 Å². The molecule has 0 amide bonds. The topological polar surface area (TPSA) is 25.8 Å². The minimum absolute atomic E-state index is 0.0149. The molecule has 1 unspecified atom stereocenters. The molecule has 0 N–H and O–H groups in total. The van der Waals surface area contributed by atoms with Crippen molar-refractivity contribution in [3.8, 4) is 0 Å². The summed E-state index contributed by atoms with van der Waals surface area (Å²) in [6.07, 6.45) is 1.64. The highest BCUT2D eigenvalue weighted by Gasteiger charge is 2.11. The van der Waals surface area contributed by atoms with Crippen molar-refractivity contribution >= 4 is 23.1 Å². The van der Waals surface area contributed by atoms with Gasteiger partial charge in [0.05, 0.1) is 5.38 Å². The van der Waals surface area contributed by atoms with Gasteiger partial charge in [0.25, 0.3) is 0 Å². The zero-order chi connectivity index (χ0) is 11.4. The Labute approximate surface area is 104 Å². The lowest BCUT2D eigenvalue weighted by Crippen LogP contribution is -1.95. The number of rotatable bonds is 4. The van der Waals surface area contributed by atoms with E-state index < -0.39 is 0 Å². The van der Waals surface area contributed by atoms with Gasteiger partial charge in [0, 0.05) is 12.8 Å². The molecule has 0 saturated carbocycles. The zero-order valence-corrected chi connectivity index (χ0v) is 10.6. The first kappa shape index (κ1) is 11.6. The van der Waals surface area contributed by atoms with Crippen LogP contribution in [-0.4, -0.2) is 9.36 Å². The zero-order valence-electron chi connectivity index (χ0n) is 9.06. The number of benzene rings is 1. The normalized spacial score (nSPS) is 12.6. The van der Waals surface area contributed by atoms with Gasteiger partial charge in [0.1, 0.15) is 10.8 Å². The lowest BCUT2D eigenvalue weighted by molar-refractivity contribution is 0.884. The molecule has 2 aromatic rings. The molecule has 0 bridgehead atoms. The van der Waals surface area contributed by atoms with E-state index in [-0.39, 0.29) is 5.38 Å². The van der Waals surface area contributed by atoms with Crippen LogP contribution >= 0.6 is 23.1 Å². The third-order valence-electron chi connectivity index (χ3n) is 2.34. The van der Waals surface area contributed by atoms with Gasteiger partial charge in [-0.1, -0.05) is 37.3 Å². The maximum atomic E-state index is 6.33. The Kier molecular flexibility index (Phi) is 3.91. The van der Waals surface area contributed by atoms with Crippen molar-refractivity contribution in [2.45, 2.75) is 25.1 Å². The molecule has 0 radical (unpaired) electrons. The molecule has 1 aromatic heterocycles. The van der Waals surface area contributed by atoms with Gasteiger partial charge >= 0.3 is 0 Å². The standard InChI is InChI=1S/C12H13ClN2S/c1-2-11-14-12(16-15-11)8-10(13)9-6-4-3-5-7-9/h3-7,10H,2,8H2,1H3. The second-order valence-corrected chi connectivity index (χ2v) is 4.90. The second kappa shape index (κ2) is 5.41. The van der Waals surface area contributed by atoms with E-state index in [0.717, 1.165) is 29.2 Å². The summed E-state index contributed by atoms with van der Waals surface area (Å²) in [5, 5.41) is 1.000. The summed E-state index contributed by atoms with van der Waals surface area (Å²) >= 11 is 7.78. The molecule has 4 heteroatoms. The molecule has 16 heavy (non-hydrogen) atoms. The van der Waals surface area contributed by atoms with Gasteiger partial charge in [-0.3, -0.25) is 0 Å². The molecule has 84 valence electrons. The summed E-state index contributed by atoms with van der Waals surface area (Å²) in [5.74, 6) is 0.914. The number of hydrogen-bond acceptors (Lipinski definition) is 3. The Morgan fingerprint density at radius 3 is 2.69 bits per heavy atom. The molecule has 2 nitrogen and oxygen atoms in total. The summed E-state index contributed by atoms with van der Waals surface area (Å²) in [6, 6.07) is 10.1. The fourth-order valence-electron chi connectivity index (χ4n) is 1.45. The molecule has 0 aliphatic rings. The van der Waals surface area contributed by atoms with Crippen molar-refractivity contribution in [1.82, 2.24) is 9.36 Å². The lowest BCUT2D eigenvalue weighted by Gasteiger charge is -2.06. The molecule has 1 atom stereocenters. The van der Waals surface area contributed by atoms with E-state index in [0.29, 0.717) is 0 Å². The van der Waals surface area contributed by atoms with Crippen molar-refractivity contribution in [3.63, 3.8) is 0 Å². The van der Waals surface area contributed by atoms with Crippen LogP contribution in [0.3, 0.4) is 0 Å². The molecule has 0 spiro atoms. The van der Waals surface area contributed by atoms with E-state index >= 15 is 0 Å². The minimum atomic E-state index is -0.0149. The molecule has 0 saturated heterocycles. The highest BCUT2D eigenvalue weighted by molar-refractivity contribution is 7.05.